The van der Waals surface area contributed by atoms with Gasteiger partial charge in [0.2, 0.25) is 11.8 Å². The maximum atomic E-state index is 13.3. The number of likely N-dealkylation sites (tertiary alicyclic amines) is 1. The standard InChI is InChI=1S/C19H18F2N4O/c20-16-4-3-13(10-17(16)21)12-25-8-5-14(6-9-25)18-23-24-19(26-18)15-2-1-7-22-11-15/h1-4,7,10-11,14H,5-6,8-9,12H2. The molecule has 5 nitrogen and oxygen atoms in total. The van der Waals surface area contributed by atoms with E-state index in [1.165, 1.54) is 12.1 Å². The molecule has 0 atom stereocenters. The lowest BCUT2D eigenvalue weighted by molar-refractivity contribution is 0.193. The van der Waals surface area contributed by atoms with Gasteiger partial charge in [-0.2, -0.15) is 0 Å². The quantitative estimate of drug-likeness (QED) is 0.712. The zero-order valence-electron chi connectivity index (χ0n) is 14.1. The summed E-state index contributed by atoms with van der Waals surface area (Å²) < 4.78 is 32.2. The van der Waals surface area contributed by atoms with E-state index in [0.29, 0.717) is 18.3 Å². The minimum atomic E-state index is -0.812. The number of piperidine rings is 1. The highest BCUT2D eigenvalue weighted by molar-refractivity contribution is 5.49. The van der Waals surface area contributed by atoms with Gasteiger partial charge in [0.25, 0.3) is 0 Å². The minimum Gasteiger partial charge on any atom is -0.420 e. The Bertz CT molecular complexity index is 876. The molecule has 0 aliphatic carbocycles. The Labute approximate surface area is 149 Å². The molecule has 3 heterocycles. The van der Waals surface area contributed by atoms with E-state index in [1.54, 1.807) is 18.5 Å². The summed E-state index contributed by atoms with van der Waals surface area (Å²) in [7, 11) is 0. The third kappa shape index (κ3) is 3.62. The Morgan fingerprint density at radius 1 is 1.08 bits per heavy atom. The van der Waals surface area contributed by atoms with Gasteiger partial charge in [0, 0.05) is 24.9 Å². The van der Waals surface area contributed by atoms with Gasteiger partial charge >= 0.3 is 0 Å². The SMILES string of the molecule is Fc1ccc(CN2CCC(c3nnc(-c4cccnc4)o3)CC2)cc1F. The molecule has 0 bridgehead atoms. The number of nitrogens with zero attached hydrogens (tertiary/aromatic N) is 4. The molecule has 134 valence electrons. The molecule has 1 aliphatic rings. The Morgan fingerprint density at radius 2 is 1.92 bits per heavy atom. The Kier molecular flexibility index (Phi) is 4.71. The van der Waals surface area contributed by atoms with Gasteiger partial charge in [-0.25, -0.2) is 8.78 Å². The van der Waals surface area contributed by atoms with E-state index in [1.807, 2.05) is 12.1 Å². The van der Waals surface area contributed by atoms with Gasteiger partial charge in [-0.05, 0) is 55.8 Å². The van der Waals surface area contributed by atoms with Crippen molar-refractivity contribution in [2.24, 2.45) is 0 Å². The number of pyridine rings is 1. The van der Waals surface area contributed by atoms with Crippen molar-refractivity contribution < 1.29 is 13.2 Å². The highest BCUT2D eigenvalue weighted by atomic mass is 19.2. The first-order valence-electron chi connectivity index (χ1n) is 8.59. The molecule has 7 heteroatoms. The molecule has 1 aromatic carbocycles. The predicted octanol–water partition coefficient (Wildman–Crippen LogP) is 3.79. The van der Waals surface area contributed by atoms with E-state index in [2.05, 4.69) is 20.1 Å². The highest BCUT2D eigenvalue weighted by Gasteiger charge is 2.25. The van der Waals surface area contributed by atoms with Crippen LogP contribution in [0.25, 0.3) is 11.5 Å². The molecule has 1 fully saturated rings. The Balaban J connectivity index is 1.36. The van der Waals surface area contributed by atoms with Crippen LogP contribution in [0.1, 0.15) is 30.2 Å². The van der Waals surface area contributed by atoms with E-state index in [9.17, 15) is 8.78 Å². The third-order valence-corrected chi connectivity index (χ3v) is 4.68. The number of hydrogen-bond donors (Lipinski definition) is 0. The van der Waals surface area contributed by atoms with Gasteiger partial charge in [-0.1, -0.05) is 6.07 Å². The molecule has 0 spiro atoms. The summed E-state index contributed by atoms with van der Waals surface area (Å²) in [6, 6.07) is 7.78. The van der Waals surface area contributed by atoms with Gasteiger partial charge in [-0.15, -0.1) is 10.2 Å². The highest BCUT2D eigenvalue weighted by Crippen LogP contribution is 2.29. The summed E-state index contributed by atoms with van der Waals surface area (Å²) in [5.41, 5.74) is 1.58. The zero-order valence-corrected chi connectivity index (χ0v) is 14.1. The zero-order chi connectivity index (χ0) is 17.9. The van der Waals surface area contributed by atoms with Crippen molar-refractivity contribution in [2.75, 3.05) is 13.1 Å². The first kappa shape index (κ1) is 16.8. The first-order valence-corrected chi connectivity index (χ1v) is 8.59. The van der Waals surface area contributed by atoms with E-state index < -0.39 is 11.6 Å². The molecule has 4 rings (SSSR count). The van der Waals surface area contributed by atoms with Crippen LogP contribution in [-0.4, -0.2) is 33.2 Å². The molecular weight excluding hydrogens is 338 g/mol. The number of halogens is 2. The van der Waals surface area contributed by atoms with Gasteiger partial charge in [0.1, 0.15) is 0 Å². The van der Waals surface area contributed by atoms with Crippen LogP contribution in [0.2, 0.25) is 0 Å². The monoisotopic (exact) mass is 356 g/mol. The topological polar surface area (TPSA) is 55.1 Å². The lowest BCUT2D eigenvalue weighted by Gasteiger charge is -2.30. The molecule has 2 aromatic heterocycles. The van der Waals surface area contributed by atoms with E-state index in [0.717, 1.165) is 37.1 Å². The van der Waals surface area contributed by atoms with Crippen molar-refractivity contribution in [2.45, 2.75) is 25.3 Å². The van der Waals surface area contributed by atoms with Crippen molar-refractivity contribution in [1.29, 1.82) is 0 Å². The number of hydrogen-bond acceptors (Lipinski definition) is 5. The smallest absolute Gasteiger partial charge is 0.249 e. The maximum Gasteiger partial charge on any atom is 0.249 e. The molecule has 0 saturated carbocycles. The van der Waals surface area contributed by atoms with Crippen molar-refractivity contribution >= 4 is 0 Å². The molecular formula is C19H18F2N4O. The largest absolute Gasteiger partial charge is 0.420 e. The van der Waals surface area contributed by atoms with E-state index in [-0.39, 0.29) is 5.92 Å². The van der Waals surface area contributed by atoms with Crippen LogP contribution in [-0.2, 0) is 6.54 Å². The van der Waals surface area contributed by atoms with Crippen LogP contribution in [0.4, 0.5) is 8.78 Å². The summed E-state index contributed by atoms with van der Waals surface area (Å²) in [5.74, 6) is -0.262. The molecule has 0 unspecified atom stereocenters. The van der Waals surface area contributed by atoms with Crippen molar-refractivity contribution in [3.05, 3.63) is 65.8 Å². The fourth-order valence-corrected chi connectivity index (χ4v) is 3.24. The van der Waals surface area contributed by atoms with Crippen molar-refractivity contribution in [1.82, 2.24) is 20.1 Å². The molecule has 3 aromatic rings. The van der Waals surface area contributed by atoms with Crippen LogP contribution in [0, 0.1) is 11.6 Å². The van der Waals surface area contributed by atoms with Crippen molar-refractivity contribution in [3.63, 3.8) is 0 Å². The minimum absolute atomic E-state index is 0.217. The maximum absolute atomic E-state index is 13.3. The van der Waals surface area contributed by atoms with Gasteiger partial charge < -0.3 is 4.42 Å². The fourth-order valence-electron chi connectivity index (χ4n) is 3.24. The second-order valence-electron chi connectivity index (χ2n) is 6.49. The summed E-state index contributed by atoms with van der Waals surface area (Å²) in [6.07, 6.45) is 5.17. The molecule has 0 radical (unpaired) electrons. The predicted molar refractivity (Wildman–Crippen MR) is 91.1 cm³/mol. The summed E-state index contributed by atoms with van der Waals surface area (Å²) in [5, 5.41) is 8.31. The van der Waals surface area contributed by atoms with Crippen LogP contribution < -0.4 is 0 Å². The second-order valence-corrected chi connectivity index (χ2v) is 6.49. The normalized spacial score (nSPS) is 16.1. The van der Waals surface area contributed by atoms with E-state index >= 15 is 0 Å². The van der Waals surface area contributed by atoms with Crippen LogP contribution in [0.3, 0.4) is 0 Å². The average molecular weight is 356 g/mol. The van der Waals surface area contributed by atoms with Crippen molar-refractivity contribution in [3.8, 4) is 11.5 Å². The Hall–Kier alpha value is -2.67. The first-order chi connectivity index (χ1) is 12.7. The summed E-state index contributed by atoms with van der Waals surface area (Å²) in [4.78, 5) is 6.28. The molecule has 0 amide bonds. The lowest BCUT2D eigenvalue weighted by Crippen LogP contribution is -2.32. The lowest BCUT2D eigenvalue weighted by atomic mass is 9.96. The second kappa shape index (κ2) is 7.29. The van der Waals surface area contributed by atoms with E-state index in [4.69, 9.17) is 4.42 Å². The number of aromatic nitrogens is 3. The Morgan fingerprint density at radius 3 is 2.65 bits per heavy atom. The molecule has 26 heavy (non-hydrogen) atoms. The average Bonchev–Trinajstić information content (AvgIpc) is 3.16. The number of benzene rings is 1. The fraction of sp³-hybridized carbons (Fsp3) is 0.316. The summed E-state index contributed by atoms with van der Waals surface area (Å²) >= 11 is 0. The van der Waals surface area contributed by atoms with Crippen LogP contribution >= 0.6 is 0 Å². The molecule has 1 saturated heterocycles. The number of rotatable bonds is 4. The summed E-state index contributed by atoms with van der Waals surface area (Å²) in [6.45, 7) is 2.29. The van der Waals surface area contributed by atoms with Crippen LogP contribution in [0.5, 0.6) is 0 Å². The van der Waals surface area contributed by atoms with Gasteiger partial charge in [-0.3, -0.25) is 9.88 Å². The molecule has 1 aliphatic heterocycles. The van der Waals surface area contributed by atoms with Crippen LogP contribution in [0.15, 0.2) is 47.1 Å². The van der Waals surface area contributed by atoms with Gasteiger partial charge in [0.05, 0.1) is 5.56 Å². The van der Waals surface area contributed by atoms with Gasteiger partial charge in [0.15, 0.2) is 11.6 Å². The third-order valence-electron chi connectivity index (χ3n) is 4.68. The molecule has 0 N–H and O–H groups in total.